The van der Waals surface area contributed by atoms with E-state index in [0.29, 0.717) is 22.1 Å². The van der Waals surface area contributed by atoms with Crippen LogP contribution in [0, 0.1) is 23.0 Å². The first kappa shape index (κ1) is 26.4. The molecule has 0 radical (unpaired) electrons. The SMILES string of the molecule is CCC(=O)Oc1ccc(-c2ccc(C#N)cc2Cl)c2nc(NC(=O)c3c(F)cc(C(C)=O)cc3F)ccc12. The molecule has 0 bridgehead atoms. The highest BCUT2D eigenvalue weighted by molar-refractivity contribution is 6.33. The number of amides is 1. The maximum atomic E-state index is 14.5. The number of esters is 1. The molecular weight excluding hydrogens is 516 g/mol. The van der Waals surface area contributed by atoms with E-state index in [1.54, 1.807) is 31.2 Å². The number of nitrogens with one attached hydrogen (secondary N) is 1. The van der Waals surface area contributed by atoms with Gasteiger partial charge in [-0.3, -0.25) is 14.4 Å². The molecule has 10 heteroatoms. The molecule has 0 aliphatic rings. The quantitative estimate of drug-likeness (QED) is 0.173. The third-order valence-electron chi connectivity index (χ3n) is 5.64. The number of ether oxygens (including phenoxy) is 1. The van der Waals surface area contributed by atoms with Gasteiger partial charge in [-0.1, -0.05) is 24.6 Å². The lowest BCUT2D eigenvalue weighted by Gasteiger charge is -2.14. The molecule has 7 nitrogen and oxygen atoms in total. The number of anilines is 1. The van der Waals surface area contributed by atoms with E-state index in [-0.39, 0.29) is 34.1 Å². The number of carbonyl (C=O) groups excluding carboxylic acids is 3. The molecule has 0 saturated heterocycles. The van der Waals surface area contributed by atoms with Crippen molar-refractivity contribution < 1.29 is 27.9 Å². The largest absolute Gasteiger partial charge is 0.426 e. The Morgan fingerprint density at radius 2 is 1.71 bits per heavy atom. The molecule has 4 aromatic rings. The summed E-state index contributed by atoms with van der Waals surface area (Å²) >= 11 is 6.42. The first-order valence-corrected chi connectivity index (χ1v) is 11.7. The molecule has 1 amide bonds. The summed E-state index contributed by atoms with van der Waals surface area (Å²) in [5.74, 6) is -4.40. The fourth-order valence-corrected chi connectivity index (χ4v) is 4.02. The second-order valence-electron chi connectivity index (χ2n) is 8.16. The van der Waals surface area contributed by atoms with Crippen LogP contribution in [-0.2, 0) is 4.79 Å². The number of carbonyl (C=O) groups is 3. The Balaban J connectivity index is 1.82. The van der Waals surface area contributed by atoms with Crippen LogP contribution in [0.5, 0.6) is 5.75 Å². The summed E-state index contributed by atoms with van der Waals surface area (Å²) in [6.07, 6.45) is 0.131. The molecule has 3 aromatic carbocycles. The van der Waals surface area contributed by atoms with E-state index in [1.807, 2.05) is 6.07 Å². The zero-order chi connectivity index (χ0) is 27.6. The number of hydrogen-bond donors (Lipinski definition) is 1. The van der Waals surface area contributed by atoms with Crippen molar-refractivity contribution in [3.05, 3.63) is 87.9 Å². The van der Waals surface area contributed by atoms with Crippen LogP contribution in [0.2, 0.25) is 5.02 Å². The molecule has 38 heavy (non-hydrogen) atoms. The fraction of sp³-hybridized carbons (Fsp3) is 0.107. The van der Waals surface area contributed by atoms with E-state index in [1.165, 1.54) is 18.2 Å². The molecule has 0 unspecified atom stereocenters. The Labute approximate surface area is 220 Å². The minimum Gasteiger partial charge on any atom is -0.426 e. The third-order valence-corrected chi connectivity index (χ3v) is 5.95. The molecule has 1 heterocycles. The first-order valence-electron chi connectivity index (χ1n) is 11.3. The number of nitrogens with zero attached hydrogens (tertiary/aromatic N) is 2. The highest BCUT2D eigenvalue weighted by Gasteiger charge is 2.21. The number of Topliss-reactive ketones (excluding diaryl/α,β-unsaturated/α-hetero) is 1. The molecule has 0 atom stereocenters. The van der Waals surface area contributed by atoms with Crippen LogP contribution in [0.3, 0.4) is 0 Å². The molecule has 0 spiro atoms. The lowest BCUT2D eigenvalue weighted by atomic mass is 10.00. The minimum atomic E-state index is -1.20. The van der Waals surface area contributed by atoms with Crippen molar-refractivity contribution in [2.75, 3.05) is 5.32 Å². The molecule has 0 aliphatic carbocycles. The first-order chi connectivity index (χ1) is 18.1. The van der Waals surface area contributed by atoms with Crippen molar-refractivity contribution in [3.8, 4) is 22.9 Å². The van der Waals surface area contributed by atoms with Crippen LogP contribution >= 0.6 is 11.6 Å². The van der Waals surface area contributed by atoms with Crippen molar-refractivity contribution in [2.45, 2.75) is 20.3 Å². The van der Waals surface area contributed by atoms with Crippen molar-refractivity contribution in [2.24, 2.45) is 0 Å². The highest BCUT2D eigenvalue weighted by Crippen LogP contribution is 2.38. The lowest BCUT2D eigenvalue weighted by Crippen LogP contribution is -2.17. The average Bonchev–Trinajstić information content (AvgIpc) is 2.88. The van der Waals surface area contributed by atoms with Gasteiger partial charge in [0.05, 0.1) is 17.1 Å². The molecular formula is C28H18ClF2N3O4. The molecule has 190 valence electrons. The van der Waals surface area contributed by atoms with E-state index in [9.17, 15) is 23.2 Å². The number of nitriles is 1. The number of benzene rings is 3. The molecule has 1 N–H and O–H groups in total. The molecule has 0 saturated carbocycles. The minimum absolute atomic E-state index is 0.0538. The monoisotopic (exact) mass is 533 g/mol. The summed E-state index contributed by atoms with van der Waals surface area (Å²) in [6.45, 7) is 2.79. The Bertz CT molecular complexity index is 1660. The smallest absolute Gasteiger partial charge is 0.310 e. The lowest BCUT2D eigenvalue weighted by molar-refractivity contribution is -0.133. The maximum absolute atomic E-state index is 14.5. The summed E-state index contributed by atoms with van der Waals surface area (Å²) in [6, 6.07) is 14.3. The predicted octanol–water partition coefficient (Wildman–Crippen LogP) is 6.48. The van der Waals surface area contributed by atoms with Gasteiger partial charge in [0.1, 0.15) is 28.8 Å². The van der Waals surface area contributed by atoms with Gasteiger partial charge >= 0.3 is 5.97 Å². The van der Waals surface area contributed by atoms with E-state index in [2.05, 4.69) is 10.3 Å². The summed E-state index contributed by atoms with van der Waals surface area (Å²) in [4.78, 5) is 40.6. The number of halogens is 3. The summed E-state index contributed by atoms with van der Waals surface area (Å²) in [7, 11) is 0. The van der Waals surface area contributed by atoms with Crippen LogP contribution in [0.1, 0.15) is 46.5 Å². The van der Waals surface area contributed by atoms with Crippen molar-refractivity contribution in [1.82, 2.24) is 4.98 Å². The van der Waals surface area contributed by atoms with E-state index >= 15 is 0 Å². The summed E-state index contributed by atoms with van der Waals surface area (Å²) in [5, 5.41) is 12.2. The average molecular weight is 534 g/mol. The normalized spacial score (nSPS) is 10.6. The van der Waals surface area contributed by atoms with Gasteiger partial charge < -0.3 is 10.1 Å². The van der Waals surface area contributed by atoms with Gasteiger partial charge in [-0.25, -0.2) is 13.8 Å². The third kappa shape index (κ3) is 5.21. The van der Waals surface area contributed by atoms with Gasteiger partial charge in [0.2, 0.25) is 0 Å². The molecule has 0 aliphatic heterocycles. The Morgan fingerprint density at radius 1 is 1.03 bits per heavy atom. The van der Waals surface area contributed by atoms with Gasteiger partial charge in [0.15, 0.2) is 5.78 Å². The second kappa shape index (κ2) is 10.7. The van der Waals surface area contributed by atoms with Crippen molar-refractivity contribution >= 4 is 46.0 Å². The molecule has 0 fully saturated rings. The van der Waals surface area contributed by atoms with Crippen molar-refractivity contribution in [3.63, 3.8) is 0 Å². The number of ketones is 1. The van der Waals surface area contributed by atoms with E-state index < -0.39 is 34.9 Å². The molecule has 1 aromatic heterocycles. The second-order valence-corrected chi connectivity index (χ2v) is 8.57. The number of hydrogen-bond acceptors (Lipinski definition) is 6. The van der Waals surface area contributed by atoms with Crippen LogP contribution in [0.4, 0.5) is 14.6 Å². The molecule has 4 rings (SSSR count). The standard InChI is InChI=1S/C28H18ClF2N3O4/c1-3-25(36)38-23-8-6-18(17-5-4-15(13-32)10-20(17)29)27-19(23)7-9-24(33-27)34-28(37)26-21(30)11-16(14(2)35)12-22(26)31/h4-12H,3H2,1-2H3,(H,33,34,37). The van der Waals surface area contributed by atoms with E-state index in [0.717, 1.165) is 19.1 Å². The fourth-order valence-electron chi connectivity index (χ4n) is 3.74. The zero-order valence-corrected chi connectivity index (χ0v) is 20.8. The number of aromatic nitrogens is 1. The van der Waals surface area contributed by atoms with Crippen molar-refractivity contribution in [1.29, 1.82) is 5.26 Å². The van der Waals surface area contributed by atoms with E-state index in [4.69, 9.17) is 21.6 Å². The van der Waals surface area contributed by atoms with Gasteiger partial charge in [-0.15, -0.1) is 0 Å². The number of fused-ring (bicyclic) bond motifs is 1. The zero-order valence-electron chi connectivity index (χ0n) is 20.1. The van der Waals surface area contributed by atoms with Gasteiger partial charge in [0, 0.05) is 33.5 Å². The van der Waals surface area contributed by atoms with Crippen LogP contribution in [0.25, 0.3) is 22.0 Å². The van der Waals surface area contributed by atoms with Gasteiger partial charge in [-0.05, 0) is 55.5 Å². The highest BCUT2D eigenvalue weighted by atomic mass is 35.5. The maximum Gasteiger partial charge on any atom is 0.310 e. The Hall–Kier alpha value is -4.68. The van der Waals surface area contributed by atoms with Crippen LogP contribution < -0.4 is 10.1 Å². The van der Waals surface area contributed by atoms with Gasteiger partial charge in [-0.2, -0.15) is 5.26 Å². The van der Waals surface area contributed by atoms with Gasteiger partial charge in [0.25, 0.3) is 5.91 Å². The topological polar surface area (TPSA) is 109 Å². The predicted molar refractivity (Wildman–Crippen MR) is 137 cm³/mol. The Morgan fingerprint density at radius 3 is 2.32 bits per heavy atom. The number of rotatable bonds is 6. The summed E-state index contributed by atoms with van der Waals surface area (Å²) in [5.41, 5.74) is 0.527. The Kier molecular flexibility index (Phi) is 7.46. The number of pyridine rings is 1. The van der Waals surface area contributed by atoms with Crippen LogP contribution in [-0.4, -0.2) is 22.6 Å². The summed E-state index contributed by atoms with van der Waals surface area (Å²) < 4.78 is 34.5. The van der Waals surface area contributed by atoms with Crippen LogP contribution in [0.15, 0.2) is 54.6 Å².